The van der Waals surface area contributed by atoms with E-state index in [4.69, 9.17) is 22.6 Å². The van der Waals surface area contributed by atoms with E-state index in [0.717, 1.165) is 5.56 Å². The maximum absolute atomic E-state index is 8.29. The van der Waals surface area contributed by atoms with Gasteiger partial charge in [-0.2, -0.15) is 5.26 Å². The number of allylic oxidation sites excluding steroid dienone is 1. The largest absolute Gasteiger partial charge is 0.383 e. The molecule has 1 heterocycles. The summed E-state index contributed by atoms with van der Waals surface area (Å²) in [6.45, 7) is 0. The number of hydrogen-bond donors (Lipinski definition) is 1. The topological polar surface area (TPSA) is 62.7 Å². The van der Waals surface area contributed by atoms with Crippen LogP contribution in [0.5, 0.6) is 0 Å². The Morgan fingerprint density at radius 3 is 3.15 bits per heavy atom. The van der Waals surface area contributed by atoms with E-state index in [9.17, 15) is 0 Å². The van der Waals surface area contributed by atoms with Gasteiger partial charge in [0.25, 0.3) is 0 Å². The van der Waals surface area contributed by atoms with Gasteiger partial charge in [0.05, 0.1) is 17.5 Å². The number of nitriles is 1. The van der Waals surface area contributed by atoms with Crippen LogP contribution < -0.4 is 5.73 Å². The average molecular weight is 194 g/mol. The summed E-state index contributed by atoms with van der Waals surface area (Å²) in [4.78, 5) is 3.87. The van der Waals surface area contributed by atoms with Crippen LogP contribution >= 0.6 is 11.6 Å². The molecule has 0 aliphatic carbocycles. The van der Waals surface area contributed by atoms with Crippen LogP contribution in [0.4, 0.5) is 5.82 Å². The number of nitrogen functional groups attached to an aromatic ring is 1. The van der Waals surface area contributed by atoms with Crippen LogP contribution in [0, 0.1) is 11.3 Å². The number of aromatic nitrogens is 1. The molecule has 0 amide bonds. The molecule has 0 atom stereocenters. The van der Waals surface area contributed by atoms with Gasteiger partial charge in [0.2, 0.25) is 0 Å². The standard InChI is InChI=1S/C9H8ClN3/c10-8-5-7(3-1-2-4-11)9(12)13-6-8/h1,3,5-6H,2H2,(H2,12,13). The van der Waals surface area contributed by atoms with Gasteiger partial charge < -0.3 is 5.73 Å². The first kappa shape index (κ1) is 9.56. The van der Waals surface area contributed by atoms with E-state index in [0.29, 0.717) is 17.3 Å². The lowest BCUT2D eigenvalue weighted by molar-refractivity contribution is 1.32. The first-order valence-electron chi connectivity index (χ1n) is 3.68. The zero-order valence-corrected chi connectivity index (χ0v) is 7.62. The quantitative estimate of drug-likeness (QED) is 0.784. The van der Waals surface area contributed by atoms with E-state index in [1.807, 2.05) is 6.07 Å². The van der Waals surface area contributed by atoms with Gasteiger partial charge in [0.1, 0.15) is 5.82 Å². The second kappa shape index (κ2) is 4.48. The van der Waals surface area contributed by atoms with E-state index in [1.165, 1.54) is 6.20 Å². The smallest absolute Gasteiger partial charge is 0.130 e. The first-order valence-corrected chi connectivity index (χ1v) is 4.06. The van der Waals surface area contributed by atoms with Crippen molar-refractivity contribution < 1.29 is 0 Å². The highest BCUT2D eigenvalue weighted by atomic mass is 35.5. The number of anilines is 1. The average Bonchev–Trinajstić information content (AvgIpc) is 2.11. The fourth-order valence-corrected chi connectivity index (χ4v) is 1.00. The Balaban J connectivity index is 2.88. The summed E-state index contributed by atoms with van der Waals surface area (Å²) in [6.07, 6.45) is 5.28. The van der Waals surface area contributed by atoms with Gasteiger partial charge in [-0.15, -0.1) is 0 Å². The lowest BCUT2D eigenvalue weighted by atomic mass is 10.2. The number of nitrogens with two attached hydrogens (primary N) is 1. The van der Waals surface area contributed by atoms with Crippen LogP contribution in [-0.2, 0) is 0 Å². The van der Waals surface area contributed by atoms with E-state index >= 15 is 0 Å². The van der Waals surface area contributed by atoms with Crippen molar-refractivity contribution in [3.05, 3.63) is 28.9 Å². The Bertz CT molecular complexity index is 366. The summed E-state index contributed by atoms with van der Waals surface area (Å²) in [7, 11) is 0. The van der Waals surface area contributed by atoms with Gasteiger partial charge in [-0.1, -0.05) is 23.8 Å². The Labute approximate surface area is 81.5 Å². The van der Waals surface area contributed by atoms with Crippen LogP contribution in [0.2, 0.25) is 5.02 Å². The summed E-state index contributed by atoms with van der Waals surface area (Å²) < 4.78 is 0. The molecule has 0 saturated carbocycles. The third-order valence-electron chi connectivity index (χ3n) is 1.42. The van der Waals surface area contributed by atoms with Crippen LogP contribution in [0.25, 0.3) is 6.08 Å². The van der Waals surface area contributed by atoms with Gasteiger partial charge >= 0.3 is 0 Å². The number of nitrogens with zero attached hydrogens (tertiary/aromatic N) is 2. The van der Waals surface area contributed by atoms with E-state index in [-0.39, 0.29) is 0 Å². The SMILES string of the molecule is N#CCC=Cc1cc(Cl)cnc1N. The van der Waals surface area contributed by atoms with Crippen LogP contribution in [-0.4, -0.2) is 4.98 Å². The molecular weight excluding hydrogens is 186 g/mol. The molecule has 1 aromatic rings. The van der Waals surface area contributed by atoms with Crippen molar-refractivity contribution in [3.63, 3.8) is 0 Å². The zero-order chi connectivity index (χ0) is 9.68. The summed E-state index contributed by atoms with van der Waals surface area (Å²) in [5.41, 5.74) is 6.31. The van der Waals surface area contributed by atoms with Crippen molar-refractivity contribution in [1.82, 2.24) is 4.98 Å². The number of halogens is 1. The van der Waals surface area contributed by atoms with Gasteiger partial charge in [0.15, 0.2) is 0 Å². The molecule has 0 aliphatic rings. The second-order valence-electron chi connectivity index (χ2n) is 2.39. The van der Waals surface area contributed by atoms with Crippen LogP contribution in [0.3, 0.4) is 0 Å². The first-order chi connectivity index (χ1) is 6.24. The molecule has 0 saturated heterocycles. The highest BCUT2D eigenvalue weighted by Gasteiger charge is 1.96. The minimum absolute atomic E-state index is 0.353. The summed E-state index contributed by atoms with van der Waals surface area (Å²) in [5.74, 6) is 0.415. The zero-order valence-electron chi connectivity index (χ0n) is 6.87. The van der Waals surface area contributed by atoms with Crippen molar-refractivity contribution in [1.29, 1.82) is 5.26 Å². The Kier molecular flexibility index (Phi) is 3.30. The number of pyridine rings is 1. The summed E-state index contributed by atoms with van der Waals surface area (Å²) in [5, 5.41) is 8.83. The maximum atomic E-state index is 8.29. The molecule has 66 valence electrons. The molecule has 4 heteroatoms. The number of rotatable bonds is 2. The molecule has 3 nitrogen and oxygen atoms in total. The highest BCUT2D eigenvalue weighted by molar-refractivity contribution is 6.30. The minimum Gasteiger partial charge on any atom is -0.383 e. The maximum Gasteiger partial charge on any atom is 0.130 e. The lowest BCUT2D eigenvalue weighted by Gasteiger charge is -1.98. The Morgan fingerprint density at radius 2 is 2.46 bits per heavy atom. The molecule has 1 rings (SSSR count). The van der Waals surface area contributed by atoms with Gasteiger partial charge in [0, 0.05) is 11.8 Å². The van der Waals surface area contributed by atoms with Gasteiger partial charge in [-0.25, -0.2) is 4.98 Å². The molecule has 0 spiro atoms. The lowest BCUT2D eigenvalue weighted by Crippen LogP contribution is -1.92. The number of hydrogen-bond acceptors (Lipinski definition) is 3. The molecule has 0 unspecified atom stereocenters. The Morgan fingerprint density at radius 1 is 1.69 bits per heavy atom. The van der Waals surface area contributed by atoms with Crippen molar-refractivity contribution >= 4 is 23.5 Å². The molecular formula is C9H8ClN3. The predicted octanol–water partition coefficient (Wildman–Crippen LogP) is 2.24. The van der Waals surface area contributed by atoms with E-state index in [1.54, 1.807) is 18.2 Å². The molecule has 0 aromatic carbocycles. The fraction of sp³-hybridized carbons (Fsp3) is 0.111. The van der Waals surface area contributed by atoms with Crippen LogP contribution in [0.15, 0.2) is 18.3 Å². The summed E-state index contributed by atoms with van der Waals surface area (Å²) in [6, 6.07) is 3.70. The molecule has 0 radical (unpaired) electrons. The highest BCUT2D eigenvalue weighted by Crippen LogP contribution is 2.16. The fourth-order valence-electron chi connectivity index (χ4n) is 0.838. The Hall–Kier alpha value is -1.53. The molecule has 2 N–H and O–H groups in total. The predicted molar refractivity (Wildman–Crippen MR) is 52.9 cm³/mol. The van der Waals surface area contributed by atoms with Crippen LogP contribution in [0.1, 0.15) is 12.0 Å². The normalized spacial score (nSPS) is 10.2. The van der Waals surface area contributed by atoms with E-state index in [2.05, 4.69) is 4.98 Å². The minimum atomic E-state index is 0.353. The molecule has 1 aromatic heterocycles. The van der Waals surface area contributed by atoms with Crippen molar-refractivity contribution in [2.24, 2.45) is 0 Å². The van der Waals surface area contributed by atoms with Crippen molar-refractivity contribution in [2.75, 3.05) is 5.73 Å². The second-order valence-corrected chi connectivity index (χ2v) is 2.83. The van der Waals surface area contributed by atoms with Gasteiger partial charge in [-0.05, 0) is 6.07 Å². The van der Waals surface area contributed by atoms with Crippen molar-refractivity contribution in [3.8, 4) is 6.07 Å². The van der Waals surface area contributed by atoms with Crippen molar-refractivity contribution in [2.45, 2.75) is 6.42 Å². The van der Waals surface area contributed by atoms with Gasteiger partial charge in [-0.3, -0.25) is 0 Å². The molecule has 0 bridgehead atoms. The monoisotopic (exact) mass is 193 g/mol. The summed E-state index contributed by atoms with van der Waals surface area (Å²) >= 11 is 5.71. The van der Waals surface area contributed by atoms with E-state index < -0.39 is 0 Å². The third kappa shape index (κ3) is 2.77. The third-order valence-corrected chi connectivity index (χ3v) is 1.63. The molecule has 0 fully saturated rings. The molecule has 0 aliphatic heterocycles. The molecule has 13 heavy (non-hydrogen) atoms.